The van der Waals surface area contributed by atoms with Gasteiger partial charge in [0, 0.05) is 19.4 Å². The van der Waals surface area contributed by atoms with Gasteiger partial charge in [-0.2, -0.15) is 26.3 Å². The van der Waals surface area contributed by atoms with Gasteiger partial charge >= 0.3 is 12.4 Å². The Balaban J connectivity index is 2.23. The molecule has 0 bridgehead atoms. The summed E-state index contributed by atoms with van der Waals surface area (Å²) in [5.41, 5.74) is -1.61. The molecule has 3 aromatic rings. The van der Waals surface area contributed by atoms with Crippen LogP contribution in [0.15, 0.2) is 29.4 Å². The maximum atomic E-state index is 13.1. The topological polar surface area (TPSA) is 77.7 Å². The van der Waals surface area contributed by atoms with Gasteiger partial charge in [-0.3, -0.25) is 4.98 Å². The molecule has 162 valence electrons. The minimum absolute atomic E-state index is 0.0239. The summed E-state index contributed by atoms with van der Waals surface area (Å²) < 4.78 is 103. The molecule has 6 nitrogen and oxygen atoms in total. The van der Waals surface area contributed by atoms with Crippen molar-refractivity contribution < 1.29 is 34.8 Å². The normalized spacial score (nSPS) is 13.2. The fraction of sp³-hybridized carbons (Fsp3) is 0.353. The molecule has 3 aromatic heterocycles. The maximum absolute atomic E-state index is 13.1. The molecule has 0 saturated heterocycles. The third-order valence-electron chi connectivity index (χ3n) is 4.28. The Kier molecular flexibility index (Phi) is 5.29. The van der Waals surface area contributed by atoms with Crippen LogP contribution in [0.5, 0.6) is 0 Å². The first-order valence-electron chi connectivity index (χ1n) is 8.41. The van der Waals surface area contributed by atoms with Crippen molar-refractivity contribution in [2.75, 3.05) is 5.75 Å². The molecule has 13 heteroatoms. The summed E-state index contributed by atoms with van der Waals surface area (Å²) in [6.07, 6.45) is -9.04. The first-order valence-corrected chi connectivity index (χ1v) is 10.1. The lowest BCUT2D eigenvalue weighted by atomic mass is 10.2. The van der Waals surface area contributed by atoms with Crippen molar-refractivity contribution in [1.29, 1.82) is 0 Å². The average Bonchev–Trinajstić information content (AvgIpc) is 2.95. The summed E-state index contributed by atoms with van der Waals surface area (Å²) in [4.78, 5) is 11.0. The van der Waals surface area contributed by atoms with Gasteiger partial charge in [-0.05, 0) is 17.7 Å². The van der Waals surface area contributed by atoms with Crippen LogP contribution >= 0.6 is 0 Å². The van der Waals surface area contributed by atoms with E-state index in [1.165, 1.54) is 18.5 Å². The van der Waals surface area contributed by atoms with Crippen molar-refractivity contribution >= 4 is 21.0 Å². The molecule has 0 aliphatic heterocycles. The second-order valence-corrected chi connectivity index (χ2v) is 8.69. The van der Waals surface area contributed by atoms with Gasteiger partial charge in [0.25, 0.3) is 0 Å². The summed E-state index contributed by atoms with van der Waals surface area (Å²) in [7, 11) is -2.73. The smallest absolute Gasteiger partial charge is 0.310 e. The Hall–Kier alpha value is -2.70. The van der Waals surface area contributed by atoms with Crippen LogP contribution in [0.1, 0.15) is 18.1 Å². The van der Waals surface area contributed by atoms with E-state index in [-0.39, 0.29) is 28.2 Å². The average molecular weight is 452 g/mol. The lowest BCUT2D eigenvalue weighted by molar-refractivity contribution is -0.138. The van der Waals surface area contributed by atoms with Crippen LogP contribution in [0.3, 0.4) is 0 Å². The molecule has 0 N–H and O–H groups in total. The van der Waals surface area contributed by atoms with Gasteiger partial charge in [-0.25, -0.2) is 18.4 Å². The maximum Gasteiger partial charge on any atom is 0.417 e. The molecule has 0 aromatic carbocycles. The Morgan fingerprint density at radius 3 is 2.27 bits per heavy atom. The SMILES string of the molecule is CCS(=O)(=O)c1cc(C(F)(F)F)cnc1-c1nc2cc(CC(F)(F)F)cnc2n1C. The van der Waals surface area contributed by atoms with Gasteiger partial charge < -0.3 is 4.57 Å². The van der Waals surface area contributed by atoms with Crippen molar-refractivity contribution in [1.82, 2.24) is 19.5 Å². The fourth-order valence-corrected chi connectivity index (χ4v) is 3.87. The van der Waals surface area contributed by atoms with E-state index in [1.54, 1.807) is 0 Å². The van der Waals surface area contributed by atoms with Crippen LogP contribution in [0.2, 0.25) is 0 Å². The summed E-state index contributed by atoms with van der Waals surface area (Å²) in [6.45, 7) is 1.26. The molecule has 0 aliphatic carbocycles. The van der Waals surface area contributed by atoms with E-state index < -0.39 is 44.8 Å². The molecular weight excluding hydrogens is 438 g/mol. The number of hydrogen-bond acceptors (Lipinski definition) is 5. The van der Waals surface area contributed by atoms with Crippen LogP contribution in [-0.4, -0.2) is 39.9 Å². The summed E-state index contributed by atoms with van der Waals surface area (Å²) in [5.74, 6) is -0.622. The monoisotopic (exact) mass is 452 g/mol. The van der Waals surface area contributed by atoms with Gasteiger partial charge in [-0.15, -0.1) is 0 Å². The standard InChI is InChI=1S/C17H14F6N4O2S/c1-3-30(28,29)12-5-10(17(21,22)23)8-24-13(12)15-26-11-4-9(6-16(18,19)20)7-25-14(11)27(15)2/h4-5,7-8H,3,6H2,1-2H3. The number of fused-ring (bicyclic) bond motifs is 1. The number of aromatic nitrogens is 4. The molecule has 0 aliphatic rings. The number of halogens is 6. The zero-order chi connectivity index (χ0) is 22.5. The third-order valence-corrected chi connectivity index (χ3v) is 6.02. The van der Waals surface area contributed by atoms with E-state index in [1.807, 2.05) is 0 Å². The molecule has 0 spiro atoms. The highest BCUT2D eigenvalue weighted by atomic mass is 32.2. The molecular formula is C17H14F6N4O2S. The number of rotatable bonds is 4. The van der Waals surface area contributed by atoms with E-state index in [4.69, 9.17) is 0 Å². The Morgan fingerprint density at radius 2 is 1.70 bits per heavy atom. The zero-order valence-corrected chi connectivity index (χ0v) is 16.3. The van der Waals surface area contributed by atoms with Gasteiger partial charge in [-0.1, -0.05) is 6.92 Å². The van der Waals surface area contributed by atoms with Crippen molar-refractivity contribution in [3.63, 3.8) is 0 Å². The van der Waals surface area contributed by atoms with E-state index in [9.17, 15) is 34.8 Å². The lowest BCUT2D eigenvalue weighted by Crippen LogP contribution is -2.13. The number of sulfone groups is 1. The van der Waals surface area contributed by atoms with Crippen LogP contribution in [-0.2, 0) is 29.5 Å². The number of aryl methyl sites for hydroxylation is 1. The van der Waals surface area contributed by atoms with E-state index >= 15 is 0 Å². The molecule has 3 heterocycles. The molecule has 0 fully saturated rings. The Bertz CT molecular complexity index is 1220. The van der Waals surface area contributed by atoms with Gasteiger partial charge in [0.15, 0.2) is 21.3 Å². The quantitative estimate of drug-likeness (QED) is 0.561. The molecule has 0 unspecified atom stereocenters. The number of alkyl halides is 6. The molecule has 0 saturated carbocycles. The van der Waals surface area contributed by atoms with Crippen LogP contribution in [0, 0.1) is 0 Å². The largest absolute Gasteiger partial charge is 0.417 e. The van der Waals surface area contributed by atoms with E-state index in [0.717, 1.165) is 12.3 Å². The number of pyridine rings is 2. The van der Waals surface area contributed by atoms with Crippen LogP contribution in [0.25, 0.3) is 22.7 Å². The second-order valence-electron chi connectivity index (χ2n) is 6.44. The van der Waals surface area contributed by atoms with Crippen molar-refractivity contribution in [3.8, 4) is 11.5 Å². The van der Waals surface area contributed by atoms with Crippen molar-refractivity contribution in [2.24, 2.45) is 7.05 Å². The summed E-state index contributed by atoms with van der Waals surface area (Å²) in [5, 5.41) is 0. The Morgan fingerprint density at radius 1 is 1.03 bits per heavy atom. The van der Waals surface area contributed by atoms with Crippen LogP contribution < -0.4 is 0 Å². The Labute approximate surface area is 166 Å². The highest BCUT2D eigenvalue weighted by molar-refractivity contribution is 7.91. The fourth-order valence-electron chi connectivity index (χ4n) is 2.82. The number of hydrogen-bond donors (Lipinski definition) is 0. The number of imidazole rings is 1. The van der Waals surface area contributed by atoms with E-state index in [0.29, 0.717) is 12.3 Å². The summed E-state index contributed by atoms with van der Waals surface area (Å²) >= 11 is 0. The van der Waals surface area contributed by atoms with Crippen molar-refractivity contribution in [2.45, 2.75) is 30.6 Å². The van der Waals surface area contributed by atoms with Gasteiger partial charge in [0.1, 0.15) is 11.2 Å². The van der Waals surface area contributed by atoms with Gasteiger partial charge in [0.05, 0.1) is 22.6 Å². The van der Waals surface area contributed by atoms with Crippen LogP contribution in [0.4, 0.5) is 26.3 Å². The highest BCUT2D eigenvalue weighted by Gasteiger charge is 2.34. The third kappa shape index (κ3) is 4.25. The summed E-state index contributed by atoms with van der Waals surface area (Å²) in [6, 6.07) is 1.61. The molecule has 0 radical (unpaired) electrons. The first-order chi connectivity index (χ1) is 13.7. The van der Waals surface area contributed by atoms with Gasteiger partial charge in [0.2, 0.25) is 0 Å². The molecule has 0 amide bonds. The minimum atomic E-state index is -4.82. The number of nitrogens with zero attached hydrogens (tertiary/aromatic N) is 4. The predicted octanol–water partition coefficient (Wildman–Crippen LogP) is 3.95. The lowest BCUT2D eigenvalue weighted by Gasteiger charge is -2.12. The van der Waals surface area contributed by atoms with E-state index in [2.05, 4.69) is 15.0 Å². The predicted molar refractivity (Wildman–Crippen MR) is 94.2 cm³/mol. The zero-order valence-electron chi connectivity index (χ0n) is 15.5. The minimum Gasteiger partial charge on any atom is -0.310 e. The highest BCUT2D eigenvalue weighted by Crippen LogP contribution is 2.34. The molecule has 0 atom stereocenters. The second kappa shape index (κ2) is 7.22. The molecule has 3 rings (SSSR count). The van der Waals surface area contributed by atoms with Crippen molar-refractivity contribution in [3.05, 3.63) is 35.7 Å². The molecule has 30 heavy (non-hydrogen) atoms. The first kappa shape index (κ1) is 22.0.